The largest absolute Gasteiger partial charge is 0.376 e. The Bertz CT molecular complexity index is 1030. The first-order chi connectivity index (χ1) is 12.1. The van der Waals surface area contributed by atoms with Gasteiger partial charge in [-0.05, 0) is 42.2 Å². The number of H-pyrrole nitrogens is 1. The summed E-state index contributed by atoms with van der Waals surface area (Å²) in [6, 6.07) is 8.97. The van der Waals surface area contributed by atoms with E-state index in [0.29, 0.717) is 34.8 Å². The molecule has 4 rings (SSSR count). The van der Waals surface area contributed by atoms with Crippen molar-refractivity contribution in [1.29, 1.82) is 0 Å². The van der Waals surface area contributed by atoms with Gasteiger partial charge in [0, 0.05) is 17.8 Å². The van der Waals surface area contributed by atoms with Crippen molar-refractivity contribution in [1.82, 2.24) is 14.5 Å². The minimum atomic E-state index is -0.464. The van der Waals surface area contributed by atoms with Crippen LogP contribution in [0.15, 0.2) is 46.1 Å². The minimum Gasteiger partial charge on any atom is -0.376 e. The lowest BCUT2D eigenvalue weighted by atomic mass is 10.0. The number of nitrogens with zero attached hydrogens (tertiary/aromatic N) is 2. The molecule has 3 aromatic rings. The number of ether oxygens (including phenoxy) is 1. The van der Waals surface area contributed by atoms with Crippen LogP contribution in [0.4, 0.5) is 0 Å². The first kappa shape index (κ1) is 16.1. The Morgan fingerprint density at radius 1 is 1.24 bits per heavy atom. The quantitative estimate of drug-likeness (QED) is 0.781. The zero-order valence-corrected chi connectivity index (χ0v) is 14.1. The molecule has 1 unspecified atom stereocenters. The summed E-state index contributed by atoms with van der Waals surface area (Å²) in [5, 5.41) is 1.01. The highest BCUT2D eigenvalue weighted by atomic mass is 35.5. The molecule has 0 saturated carbocycles. The number of benzene rings is 1. The van der Waals surface area contributed by atoms with Gasteiger partial charge in [-0.3, -0.25) is 14.3 Å². The van der Waals surface area contributed by atoms with Gasteiger partial charge in [-0.2, -0.15) is 0 Å². The molecule has 1 aliphatic heterocycles. The van der Waals surface area contributed by atoms with E-state index in [1.165, 1.54) is 4.57 Å². The molecule has 1 fully saturated rings. The maximum Gasteiger partial charge on any atom is 0.330 e. The Hall–Kier alpha value is -2.44. The van der Waals surface area contributed by atoms with Crippen LogP contribution in [0.1, 0.15) is 12.8 Å². The highest BCUT2D eigenvalue weighted by Gasteiger charge is 2.20. The Labute approximate surface area is 148 Å². The number of nitrogens with one attached hydrogen (secondary N) is 1. The van der Waals surface area contributed by atoms with E-state index in [-0.39, 0.29) is 6.10 Å². The average Bonchev–Trinajstić information content (AvgIpc) is 3.12. The van der Waals surface area contributed by atoms with Crippen molar-refractivity contribution < 1.29 is 4.74 Å². The van der Waals surface area contributed by atoms with E-state index in [0.717, 1.165) is 18.4 Å². The lowest BCUT2D eigenvalue weighted by Gasteiger charge is -2.14. The lowest BCUT2D eigenvalue weighted by Crippen LogP contribution is -2.34. The predicted molar refractivity (Wildman–Crippen MR) is 96.0 cm³/mol. The molecule has 0 bridgehead atoms. The summed E-state index contributed by atoms with van der Waals surface area (Å²) in [5.41, 5.74) is 1.01. The van der Waals surface area contributed by atoms with Gasteiger partial charge in [0.15, 0.2) is 0 Å². The molecule has 0 radical (unpaired) electrons. The normalized spacial score (nSPS) is 17.2. The van der Waals surface area contributed by atoms with Gasteiger partial charge in [-0.15, -0.1) is 0 Å². The van der Waals surface area contributed by atoms with E-state index in [2.05, 4.69) is 9.97 Å². The third-order valence-electron chi connectivity index (χ3n) is 4.44. The van der Waals surface area contributed by atoms with E-state index in [9.17, 15) is 9.59 Å². The molecule has 2 aromatic heterocycles. The number of fused-ring (bicyclic) bond motifs is 1. The summed E-state index contributed by atoms with van der Waals surface area (Å²) in [6.45, 7) is 1.08. The fourth-order valence-corrected chi connectivity index (χ4v) is 3.36. The second-order valence-electron chi connectivity index (χ2n) is 6.07. The maximum atomic E-state index is 12.5. The maximum absolute atomic E-state index is 12.5. The molecule has 1 aliphatic rings. The summed E-state index contributed by atoms with van der Waals surface area (Å²) in [4.78, 5) is 31.5. The van der Waals surface area contributed by atoms with Crippen LogP contribution in [-0.2, 0) is 11.3 Å². The number of rotatable bonds is 3. The van der Waals surface area contributed by atoms with Gasteiger partial charge in [-0.1, -0.05) is 23.7 Å². The standard InChI is InChI=1S/C18H16ClN3O3/c19-12-5-3-11(4-6-12)14-7-8-20-16-15(14)17(23)21-18(24)22(16)10-13-2-1-9-25-13/h3-8,13H,1-2,9-10H2,(H,21,23,24). The second kappa shape index (κ2) is 6.46. The van der Waals surface area contributed by atoms with Crippen LogP contribution in [0, 0.1) is 0 Å². The number of pyridine rings is 1. The summed E-state index contributed by atoms with van der Waals surface area (Å²) in [7, 11) is 0. The number of aromatic amines is 1. The Balaban J connectivity index is 1.93. The summed E-state index contributed by atoms with van der Waals surface area (Å²) in [6.07, 6.45) is 3.44. The van der Waals surface area contributed by atoms with Crippen LogP contribution in [-0.4, -0.2) is 27.2 Å². The molecule has 25 heavy (non-hydrogen) atoms. The number of hydrogen-bond acceptors (Lipinski definition) is 4. The molecule has 3 heterocycles. The van der Waals surface area contributed by atoms with Gasteiger partial charge in [0.05, 0.1) is 18.0 Å². The molecule has 1 saturated heterocycles. The van der Waals surface area contributed by atoms with E-state index in [1.54, 1.807) is 24.4 Å². The van der Waals surface area contributed by atoms with Crippen molar-refractivity contribution in [3.8, 4) is 11.1 Å². The number of hydrogen-bond donors (Lipinski definition) is 1. The SMILES string of the molecule is O=c1[nH]c(=O)n(CC2CCCO2)c2nccc(-c3ccc(Cl)cc3)c12. The summed E-state index contributed by atoms with van der Waals surface area (Å²) in [5.74, 6) is 0. The molecule has 7 heteroatoms. The van der Waals surface area contributed by atoms with E-state index < -0.39 is 11.2 Å². The summed E-state index contributed by atoms with van der Waals surface area (Å²) < 4.78 is 7.12. The lowest BCUT2D eigenvalue weighted by molar-refractivity contribution is 0.0967. The van der Waals surface area contributed by atoms with Gasteiger partial charge in [0.25, 0.3) is 5.56 Å². The monoisotopic (exact) mass is 357 g/mol. The third-order valence-corrected chi connectivity index (χ3v) is 4.70. The predicted octanol–water partition coefficient (Wildman–Crippen LogP) is 2.58. The smallest absolute Gasteiger partial charge is 0.330 e. The molecular weight excluding hydrogens is 342 g/mol. The van der Waals surface area contributed by atoms with Crippen LogP contribution in [0.3, 0.4) is 0 Å². The van der Waals surface area contributed by atoms with Crippen LogP contribution in [0.25, 0.3) is 22.2 Å². The Morgan fingerprint density at radius 2 is 2.04 bits per heavy atom. The van der Waals surface area contributed by atoms with Crippen molar-refractivity contribution >= 4 is 22.6 Å². The number of aromatic nitrogens is 3. The van der Waals surface area contributed by atoms with E-state index >= 15 is 0 Å². The molecule has 128 valence electrons. The van der Waals surface area contributed by atoms with Crippen LogP contribution < -0.4 is 11.2 Å². The van der Waals surface area contributed by atoms with Crippen LogP contribution in [0.2, 0.25) is 5.02 Å². The Kier molecular flexibility index (Phi) is 4.15. The second-order valence-corrected chi connectivity index (χ2v) is 6.51. The van der Waals surface area contributed by atoms with E-state index in [4.69, 9.17) is 16.3 Å². The third kappa shape index (κ3) is 2.99. The van der Waals surface area contributed by atoms with Crippen molar-refractivity contribution in [2.75, 3.05) is 6.61 Å². The molecule has 6 nitrogen and oxygen atoms in total. The minimum absolute atomic E-state index is 0.0345. The molecule has 0 spiro atoms. The fourth-order valence-electron chi connectivity index (χ4n) is 3.23. The van der Waals surface area contributed by atoms with Crippen molar-refractivity contribution in [2.45, 2.75) is 25.5 Å². The average molecular weight is 358 g/mol. The fraction of sp³-hybridized carbons (Fsp3) is 0.278. The molecule has 0 amide bonds. The van der Waals surface area contributed by atoms with Gasteiger partial charge < -0.3 is 4.74 Å². The van der Waals surface area contributed by atoms with Gasteiger partial charge in [-0.25, -0.2) is 9.78 Å². The summed E-state index contributed by atoms with van der Waals surface area (Å²) >= 11 is 5.95. The first-order valence-corrected chi connectivity index (χ1v) is 8.50. The van der Waals surface area contributed by atoms with Crippen LogP contribution >= 0.6 is 11.6 Å². The zero-order chi connectivity index (χ0) is 17.4. The highest BCUT2D eigenvalue weighted by molar-refractivity contribution is 6.30. The van der Waals surface area contributed by atoms with Crippen molar-refractivity contribution in [2.24, 2.45) is 0 Å². The van der Waals surface area contributed by atoms with E-state index in [1.807, 2.05) is 12.1 Å². The Morgan fingerprint density at radius 3 is 2.76 bits per heavy atom. The van der Waals surface area contributed by atoms with Crippen molar-refractivity contribution in [3.63, 3.8) is 0 Å². The van der Waals surface area contributed by atoms with Crippen LogP contribution in [0.5, 0.6) is 0 Å². The van der Waals surface area contributed by atoms with Crippen molar-refractivity contribution in [3.05, 3.63) is 62.4 Å². The molecular formula is C18H16ClN3O3. The van der Waals surface area contributed by atoms with Gasteiger partial charge in [0.2, 0.25) is 0 Å². The van der Waals surface area contributed by atoms with Gasteiger partial charge >= 0.3 is 5.69 Å². The molecule has 1 atom stereocenters. The topological polar surface area (TPSA) is 77.0 Å². The molecule has 1 N–H and O–H groups in total. The molecule has 1 aromatic carbocycles. The molecule has 0 aliphatic carbocycles. The first-order valence-electron chi connectivity index (χ1n) is 8.13. The van der Waals surface area contributed by atoms with Gasteiger partial charge in [0.1, 0.15) is 5.65 Å². The highest BCUT2D eigenvalue weighted by Crippen LogP contribution is 2.26. The zero-order valence-electron chi connectivity index (χ0n) is 13.4. The number of halogens is 1.